The lowest BCUT2D eigenvalue weighted by molar-refractivity contribution is 0.0777. The lowest BCUT2D eigenvalue weighted by Crippen LogP contribution is -2.38. The Morgan fingerprint density at radius 3 is 2.65 bits per heavy atom. The largest absolute Gasteiger partial charge is 0.392 e. The van der Waals surface area contributed by atoms with Gasteiger partial charge in [0.05, 0.1) is 17.2 Å². The van der Waals surface area contributed by atoms with E-state index in [1.165, 1.54) is 0 Å². The van der Waals surface area contributed by atoms with E-state index in [0.717, 1.165) is 12.1 Å². The second kappa shape index (κ2) is 5.77. The van der Waals surface area contributed by atoms with Crippen molar-refractivity contribution in [1.82, 2.24) is 14.7 Å². The highest BCUT2D eigenvalue weighted by Crippen LogP contribution is 2.07. The summed E-state index contributed by atoms with van der Waals surface area (Å²) in [5.74, 6) is -0.0880. The Balaban J connectivity index is 2.93. The number of hydrogen-bond donors (Lipinski definition) is 1. The zero-order chi connectivity index (χ0) is 13.0. The van der Waals surface area contributed by atoms with Gasteiger partial charge in [0.25, 0.3) is 5.91 Å². The Morgan fingerprint density at radius 1 is 1.59 bits per heavy atom. The molecule has 0 atom stereocenters. The SMILES string of the molecule is CCc1cc(C(=O)N(CC)CC(N)=S)n(C)n1. The van der Waals surface area contributed by atoms with E-state index in [1.807, 2.05) is 19.9 Å². The van der Waals surface area contributed by atoms with Crippen molar-refractivity contribution in [3.63, 3.8) is 0 Å². The molecule has 6 heteroatoms. The van der Waals surface area contributed by atoms with E-state index in [-0.39, 0.29) is 5.91 Å². The number of thiocarbonyl (C=S) groups is 1. The topological polar surface area (TPSA) is 64.2 Å². The van der Waals surface area contributed by atoms with E-state index in [4.69, 9.17) is 18.0 Å². The van der Waals surface area contributed by atoms with Gasteiger partial charge in [0.15, 0.2) is 0 Å². The summed E-state index contributed by atoms with van der Waals surface area (Å²) < 4.78 is 1.60. The Morgan fingerprint density at radius 2 is 2.24 bits per heavy atom. The van der Waals surface area contributed by atoms with E-state index < -0.39 is 0 Å². The molecule has 0 unspecified atom stereocenters. The molecule has 5 nitrogen and oxygen atoms in total. The molecule has 0 aliphatic carbocycles. The normalized spacial score (nSPS) is 10.3. The third kappa shape index (κ3) is 3.26. The zero-order valence-corrected chi connectivity index (χ0v) is 11.3. The average molecular weight is 254 g/mol. The predicted octanol–water partition coefficient (Wildman–Crippen LogP) is 0.731. The van der Waals surface area contributed by atoms with Gasteiger partial charge in [-0.1, -0.05) is 19.1 Å². The number of likely N-dealkylation sites (N-methyl/N-ethyl adjacent to an activating group) is 1. The van der Waals surface area contributed by atoms with Crippen LogP contribution in [0.4, 0.5) is 0 Å². The van der Waals surface area contributed by atoms with Gasteiger partial charge >= 0.3 is 0 Å². The number of hydrogen-bond acceptors (Lipinski definition) is 3. The second-order valence-corrected chi connectivity index (χ2v) is 4.31. The van der Waals surface area contributed by atoms with Crippen LogP contribution in [0.5, 0.6) is 0 Å². The molecule has 1 aromatic heterocycles. The molecule has 0 saturated heterocycles. The molecule has 0 fully saturated rings. The number of carbonyl (C=O) groups excluding carboxylic acids is 1. The molecule has 1 amide bonds. The second-order valence-electron chi connectivity index (χ2n) is 3.78. The zero-order valence-electron chi connectivity index (χ0n) is 10.4. The summed E-state index contributed by atoms with van der Waals surface area (Å²) in [5.41, 5.74) is 6.94. The van der Waals surface area contributed by atoms with Crippen LogP contribution in [0.25, 0.3) is 0 Å². The molecular formula is C11H18N4OS. The van der Waals surface area contributed by atoms with Gasteiger partial charge in [-0.25, -0.2) is 0 Å². The van der Waals surface area contributed by atoms with Crippen LogP contribution in [-0.4, -0.2) is 38.7 Å². The molecule has 0 bridgehead atoms. The van der Waals surface area contributed by atoms with Crippen molar-refractivity contribution in [2.75, 3.05) is 13.1 Å². The minimum atomic E-state index is -0.0880. The van der Waals surface area contributed by atoms with Crippen molar-refractivity contribution in [2.45, 2.75) is 20.3 Å². The maximum absolute atomic E-state index is 12.2. The minimum Gasteiger partial charge on any atom is -0.392 e. The van der Waals surface area contributed by atoms with Crippen molar-refractivity contribution in [1.29, 1.82) is 0 Å². The van der Waals surface area contributed by atoms with Gasteiger partial charge in [-0.2, -0.15) is 5.10 Å². The number of aromatic nitrogens is 2. The van der Waals surface area contributed by atoms with Crippen LogP contribution in [0.3, 0.4) is 0 Å². The first-order valence-corrected chi connectivity index (χ1v) is 6.00. The van der Waals surface area contributed by atoms with E-state index in [1.54, 1.807) is 16.6 Å². The fourth-order valence-corrected chi connectivity index (χ4v) is 1.73. The summed E-state index contributed by atoms with van der Waals surface area (Å²) in [6.45, 7) is 4.77. The van der Waals surface area contributed by atoms with E-state index in [0.29, 0.717) is 23.8 Å². The van der Waals surface area contributed by atoms with Gasteiger partial charge in [0.1, 0.15) is 5.69 Å². The molecule has 1 aromatic rings. The summed E-state index contributed by atoms with van der Waals surface area (Å²) >= 11 is 4.83. The van der Waals surface area contributed by atoms with Crippen molar-refractivity contribution >= 4 is 23.1 Å². The van der Waals surface area contributed by atoms with Crippen LogP contribution in [0.2, 0.25) is 0 Å². The van der Waals surface area contributed by atoms with Crippen LogP contribution in [-0.2, 0) is 13.5 Å². The molecule has 17 heavy (non-hydrogen) atoms. The lowest BCUT2D eigenvalue weighted by atomic mass is 10.3. The van der Waals surface area contributed by atoms with Gasteiger partial charge in [0, 0.05) is 13.6 Å². The van der Waals surface area contributed by atoms with E-state index in [2.05, 4.69) is 5.10 Å². The molecule has 94 valence electrons. The molecule has 1 rings (SSSR count). The third-order valence-corrected chi connectivity index (χ3v) is 2.66. The fourth-order valence-electron chi connectivity index (χ4n) is 1.58. The van der Waals surface area contributed by atoms with Gasteiger partial charge in [-0.3, -0.25) is 9.48 Å². The predicted molar refractivity (Wildman–Crippen MR) is 70.9 cm³/mol. The first kappa shape index (κ1) is 13.6. The Hall–Kier alpha value is -1.43. The third-order valence-electron chi connectivity index (χ3n) is 2.53. The Labute approximate surface area is 107 Å². The molecule has 0 aliphatic heterocycles. The van der Waals surface area contributed by atoms with Crippen molar-refractivity contribution in [3.05, 3.63) is 17.5 Å². The Bertz CT molecular complexity index is 427. The average Bonchev–Trinajstić information content (AvgIpc) is 2.66. The van der Waals surface area contributed by atoms with Crippen LogP contribution >= 0.6 is 12.2 Å². The summed E-state index contributed by atoms with van der Waals surface area (Å²) in [4.78, 5) is 14.1. The van der Waals surface area contributed by atoms with Crippen LogP contribution < -0.4 is 5.73 Å². The summed E-state index contributed by atoms with van der Waals surface area (Å²) in [6.07, 6.45) is 0.808. The van der Waals surface area contributed by atoms with E-state index >= 15 is 0 Å². The van der Waals surface area contributed by atoms with E-state index in [9.17, 15) is 4.79 Å². The van der Waals surface area contributed by atoms with Gasteiger partial charge in [-0.05, 0) is 19.4 Å². The van der Waals surface area contributed by atoms with Gasteiger partial charge in [-0.15, -0.1) is 0 Å². The quantitative estimate of drug-likeness (QED) is 0.787. The standard InChI is InChI=1S/C11H18N4OS/c1-4-8-6-9(14(3)13-8)11(16)15(5-2)7-10(12)17/h6H,4-5,7H2,1-3H3,(H2,12,17). The summed E-state index contributed by atoms with van der Waals surface area (Å²) in [6, 6.07) is 1.81. The number of nitrogens with zero attached hydrogens (tertiary/aromatic N) is 3. The number of amides is 1. The summed E-state index contributed by atoms with van der Waals surface area (Å²) in [5, 5.41) is 4.25. The fraction of sp³-hybridized carbons (Fsp3) is 0.545. The molecule has 1 heterocycles. The molecule has 0 radical (unpaired) electrons. The maximum Gasteiger partial charge on any atom is 0.272 e. The number of aryl methyl sites for hydroxylation is 2. The number of nitrogens with two attached hydrogens (primary N) is 1. The lowest BCUT2D eigenvalue weighted by Gasteiger charge is -2.19. The first-order valence-electron chi connectivity index (χ1n) is 5.60. The van der Waals surface area contributed by atoms with Gasteiger partial charge < -0.3 is 10.6 Å². The molecule has 0 aromatic carbocycles. The molecule has 0 aliphatic rings. The minimum absolute atomic E-state index is 0.0880. The van der Waals surface area contributed by atoms with Crippen molar-refractivity contribution in [3.8, 4) is 0 Å². The molecule has 0 saturated carbocycles. The number of carbonyl (C=O) groups is 1. The van der Waals surface area contributed by atoms with Crippen LogP contribution in [0, 0.1) is 0 Å². The highest BCUT2D eigenvalue weighted by Gasteiger charge is 2.19. The van der Waals surface area contributed by atoms with Crippen LogP contribution in [0.15, 0.2) is 6.07 Å². The Kier molecular flexibility index (Phi) is 4.62. The number of rotatable bonds is 5. The monoisotopic (exact) mass is 254 g/mol. The van der Waals surface area contributed by atoms with Crippen LogP contribution in [0.1, 0.15) is 30.0 Å². The highest BCUT2D eigenvalue weighted by atomic mass is 32.1. The highest BCUT2D eigenvalue weighted by molar-refractivity contribution is 7.80. The maximum atomic E-state index is 12.2. The van der Waals surface area contributed by atoms with Gasteiger partial charge in [0.2, 0.25) is 0 Å². The van der Waals surface area contributed by atoms with Crippen molar-refractivity contribution in [2.24, 2.45) is 12.8 Å². The molecule has 2 N–H and O–H groups in total. The molecular weight excluding hydrogens is 236 g/mol. The van der Waals surface area contributed by atoms with Crippen molar-refractivity contribution < 1.29 is 4.79 Å². The summed E-state index contributed by atoms with van der Waals surface area (Å²) in [7, 11) is 1.76. The molecule has 0 spiro atoms. The first-order chi connectivity index (χ1) is 7.99. The smallest absolute Gasteiger partial charge is 0.272 e.